The van der Waals surface area contributed by atoms with Crippen molar-refractivity contribution in [3.05, 3.63) is 91.8 Å². The Morgan fingerprint density at radius 3 is 2.76 bits per heavy atom. The minimum Gasteiger partial charge on any atom is -0.494 e. The number of nitrogens with one attached hydrogen (secondary N) is 2. The number of fused-ring (bicyclic) bond motifs is 3. The van der Waals surface area contributed by atoms with Crippen molar-refractivity contribution in [3.8, 4) is 11.6 Å². The van der Waals surface area contributed by atoms with Crippen LogP contribution in [0, 0.1) is 6.92 Å². The van der Waals surface area contributed by atoms with Gasteiger partial charge in [-0.2, -0.15) is 0 Å². The fourth-order valence-corrected chi connectivity index (χ4v) is 4.36. The van der Waals surface area contributed by atoms with E-state index in [1.807, 2.05) is 42.6 Å². The SMILES string of the molecule is Cc1cccc(-n2c(O)c([C@H]3[NH2+]CCc4c3[nH]c3ccccc43)c(=O)[nH]c2=O)c1. The van der Waals surface area contributed by atoms with Crippen molar-refractivity contribution in [1.29, 1.82) is 0 Å². The van der Waals surface area contributed by atoms with Crippen LogP contribution < -0.4 is 16.6 Å². The molecule has 7 heteroatoms. The van der Waals surface area contributed by atoms with Gasteiger partial charge in [0.15, 0.2) is 6.04 Å². The third-order valence-electron chi connectivity index (χ3n) is 5.65. The normalized spacial score (nSPS) is 16.1. The maximum atomic E-state index is 12.8. The lowest BCUT2D eigenvalue weighted by molar-refractivity contribution is -0.690. The number of aromatic hydroxyl groups is 1. The lowest BCUT2D eigenvalue weighted by atomic mass is 9.95. The molecule has 0 saturated heterocycles. The summed E-state index contributed by atoms with van der Waals surface area (Å²) in [4.78, 5) is 31.1. The number of H-pyrrole nitrogens is 2. The average Bonchev–Trinajstić information content (AvgIpc) is 3.07. The molecule has 0 bridgehead atoms. The van der Waals surface area contributed by atoms with Gasteiger partial charge in [-0.3, -0.25) is 9.78 Å². The van der Waals surface area contributed by atoms with Gasteiger partial charge < -0.3 is 15.4 Å². The van der Waals surface area contributed by atoms with Crippen molar-refractivity contribution >= 4 is 10.9 Å². The van der Waals surface area contributed by atoms with Gasteiger partial charge in [0, 0.05) is 17.3 Å². The number of para-hydroxylation sites is 1. The van der Waals surface area contributed by atoms with E-state index in [4.69, 9.17) is 0 Å². The molecule has 1 aliphatic rings. The first-order valence-electron chi connectivity index (χ1n) is 9.62. The van der Waals surface area contributed by atoms with Gasteiger partial charge in [0.25, 0.3) is 5.56 Å². The van der Waals surface area contributed by atoms with Crippen LogP contribution in [0.2, 0.25) is 0 Å². The summed E-state index contributed by atoms with van der Waals surface area (Å²) in [7, 11) is 0. The predicted octanol–water partition coefficient (Wildman–Crippen LogP) is 1.23. The Labute approximate surface area is 165 Å². The number of nitrogens with two attached hydrogens (primary N) is 1. The second kappa shape index (κ2) is 6.49. The van der Waals surface area contributed by atoms with Gasteiger partial charge in [0.1, 0.15) is 5.56 Å². The van der Waals surface area contributed by atoms with Gasteiger partial charge in [-0.1, -0.05) is 30.3 Å². The molecule has 5 rings (SSSR count). The topological polar surface area (TPSA) is 107 Å². The van der Waals surface area contributed by atoms with E-state index in [1.54, 1.807) is 12.1 Å². The van der Waals surface area contributed by atoms with Gasteiger partial charge in [-0.25, -0.2) is 9.36 Å². The summed E-state index contributed by atoms with van der Waals surface area (Å²) in [5.74, 6) is -0.322. The molecule has 5 N–H and O–H groups in total. The summed E-state index contributed by atoms with van der Waals surface area (Å²) in [5.41, 5.74) is 3.47. The van der Waals surface area contributed by atoms with Crippen molar-refractivity contribution in [2.45, 2.75) is 19.4 Å². The van der Waals surface area contributed by atoms with E-state index in [-0.39, 0.29) is 11.4 Å². The summed E-state index contributed by atoms with van der Waals surface area (Å²) < 4.78 is 1.16. The maximum absolute atomic E-state index is 12.8. The largest absolute Gasteiger partial charge is 0.494 e. The smallest absolute Gasteiger partial charge is 0.335 e. The number of hydrogen-bond acceptors (Lipinski definition) is 3. The summed E-state index contributed by atoms with van der Waals surface area (Å²) in [5, 5.41) is 14.2. The van der Waals surface area contributed by atoms with E-state index in [9.17, 15) is 14.7 Å². The molecule has 0 aliphatic carbocycles. The summed E-state index contributed by atoms with van der Waals surface area (Å²) in [6.45, 7) is 2.69. The molecule has 0 spiro atoms. The maximum Gasteiger partial charge on any atom is 0.335 e. The Hall–Kier alpha value is -3.58. The highest BCUT2D eigenvalue weighted by Crippen LogP contribution is 2.32. The fraction of sp³-hybridized carbons (Fsp3) is 0.182. The fourth-order valence-electron chi connectivity index (χ4n) is 4.36. The van der Waals surface area contributed by atoms with Crippen molar-refractivity contribution in [1.82, 2.24) is 14.5 Å². The first kappa shape index (κ1) is 17.5. The molecule has 0 amide bonds. The molecule has 1 aliphatic heterocycles. The number of quaternary nitrogens is 1. The third kappa shape index (κ3) is 2.70. The summed E-state index contributed by atoms with van der Waals surface area (Å²) >= 11 is 0. The highest BCUT2D eigenvalue weighted by Gasteiger charge is 2.34. The molecule has 2 aromatic carbocycles. The van der Waals surface area contributed by atoms with E-state index >= 15 is 0 Å². The molecule has 0 unspecified atom stereocenters. The standard InChI is InChI=1S/C22H20N4O3/c1-12-5-4-6-13(11-12)26-21(28)17(20(27)25-22(26)29)19-18-15(9-10-23-19)14-7-2-3-8-16(14)24-18/h2-8,11,19,23-24,28H,9-10H2,1H3,(H,25,27,29)/p+1/t19-/m1/s1. The molecule has 0 fully saturated rings. The lowest BCUT2D eigenvalue weighted by Crippen LogP contribution is -2.87. The quantitative estimate of drug-likeness (QED) is 0.414. The zero-order chi connectivity index (χ0) is 20.1. The van der Waals surface area contributed by atoms with Crippen molar-refractivity contribution in [2.24, 2.45) is 0 Å². The van der Waals surface area contributed by atoms with Crippen molar-refractivity contribution < 1.29 is 10.4 Å². The summed E-state index contributed by atoms with van der Waals surface area (Å²) in [6, 6.07) is 14.8. The number of hydrogen-bond donors (Lipinski definition) is 4. The Balaban J connectivity index is 1.75. The van der Waals surface area contributed by atoms with Crippen LogP contribution in [-0.4, -0.2) is 26.2 Å². The zero-order valence-corrected chi connectivity index (χ0v) is 15.9. The van der Waals surface area contributed by atoms with Gasteiger partial charge >= 0.3 is 5.69 Å². The molecule has 1 atom stereocenters. The molecule has 29 heavy (non-hydrogen) atoms. The van der Waals surface area contributed by atoms with Crippen LogP contribution in [0.15, 0.2) is 58.1 Å². The van der Waals surface area contributed by atoms with E-state index in [0.29, 0.717) is 5.69 Å². The second-order valence-corrected chi connectivity index (χ2v) is 7.49. The predicted molar refractivity (Wildman–Crippen MR) is 110 cm³/mol. The Kier molecular flexibility index (Phi) is 3.92. The van der Waals surface area contributed by atoms with Gasteiger partial charge in [0.2, 0.25) is 5.88 Å². The molecule has 7 nitrogen and oxygen atoms in total. The van der Waals surface area contributed by atoms with Crippen LogP contribution >= 0.6 is 0 Å². The van der Waals surface area contributed by atoms with Crippen LogP contribution in [0.5, 0.6) is 5.88 Å². The molecule has 0 saturated carbocycles. The number of benzene rings is 2. The van der Waals surface area contributed by atoms with Crippen LogP contribution in [0.4, 0.5) is 0 Å². The van der Waals surface area contributed by atoms with E-state index in [2.05, 4.69) is 16.0 Å². The molecule has 2 aromatic heterocycles. The minimum atomic E-state index is -0.658. The number of rotatable bonds is 2. The first-order valence-corrected chi connectivity index (χ1v) is 9.62. The first-order chi connectivity index (χ1) is 14.0. The molecule has 4 aromatic rings. The van der Waals surface area contributed by atoms with E-state index in [0.717, 1.165) is 45.3 Å². The Morgan fingerprint density at radius 1 is 1.10 bits per heavy atom. The van der Waals surface area contributed by atoms with Crippen molar-refractivity contribution in [2.75, 3.05) is 6.54 Å². The van der Waals surface area contributed by atoms with Crippen LogP contribution in [0.25, 0.3) is 16.6 Å². The van der Waals surface area contributed by atoms with Gasteiger partial charge in [-0.15, -0.1) is 0 Å². The van der Waals surface area contributed by atoms with Gasteiger partial charge in [-0.05, 0) is 36.2 Å². The van der Waals surface area contributed by atoms with Gasteiger partial charge in [0.05, 0.1) is 17.9 Å². The second-order valence-electron chi connectivity index (χ2n) is 7.49. The molecular weight excluding hydrogens is 368 g/mol. The number of aryl methyl sites for hydroxylation is 1. The summed E-state index contributed by atoms with van der Waals surface area (Å²) in [6.07, 6.45) is 0.867. The molecule has 0 radical (unpaired) electrons. The highest BCUT2D eigenvalue weighted by atomic mass is 16.3. The average molecular weight is 389 g/mol. The number of aromatic nitrogens is 3. The number of aromatic amines is 2. The molecular formula is C22H21N4O3+. The third-order valence-corrected chi connectivity index (χ3v) is 5.65. The zero-order valence-electron chi connectivity index (χ0n) is 15.9. The van der Waals surface area contributed by atoms with Crippen molar-refractivity contribution in [3.63, 3.8) is 0 Å². The number of nitrogens with zero attached hydrogens (tertiary/aromatic N) is 1. The monoisotopic (exact) mass is 389 g/mol. The lowest BCUT2D eigenvalue weighted by Gasteiger charge is -2.22. The Morgan fingerprint density at radius 2 is 1.93 bits per heavy atom. The van der Waals surface area contributed by atoms with Crippen LogP contribution in [0.3, 0.4) is 0 Å². The Bertz CT molecular complexity index is 1360. The molecule has 146 valence electrons. The van der Waals surface area contributed by atoms with E-state index in [1.165, 1.54) is 0 Å². The minimum absolute atomic E-state index is 0.179. The van der Waals surface area contributed by atoms with E-state index < -0.39 is 17.3 Å². The highest BCUT2D eigenvalue weighted by molar-refractivity contribution is 5.85. The van der Waals surface area contributed by atoms with Crippen LogP contribution in [-0.2, 0) is 6.42 Å². The molecule has 3 heterocycles. The van der Waals surface area contributed by atoms with Crippen LogP contribution in [0.1, 0.15) is 28.4 Å².